The summed E-state index contributed by atoms with van der Waals surface area (Å²) in [6, 6.07) is 9.02. The molecule has 0 aliphatic carbocycles. The van der Waals surface area contributed by atoms with Gasteiger partial charge in [0.2, 0.25) is 0 Å². The van der Waals surface area contributed by atoms with E-state index in [0.717, 1.165) is 5.57 Å². The van der Waals surface area contributed by atoms with Gasteiger partial charge in [-0.3, -0.25) is 0 Å². The number of hydrogen-bond donors (Lipinski definition) is 0. The number of hydrogen-bond acceptors (Lipinski definition) is 2. The fourth-order valence-corrected chi connectivity index (χ4v) is 1.77. The van der Waals surface area contributed by atoms with Crippen LogP contribution in [0.25, 0.3) is 0 Å². The lowest BCUT2D eigenvalue weighted by Gasteiger charge is -2.30. The molecular formula is C15H20O2. The quantitative estimate of drug-likeness (QED) is 0.584. The van der Waals surface area contributed by atoms with Crippen molar-refractivity contribution in [2.24, 2.45) is 5.41 Å². The average Bonchev–Trinajstić information content (AvgIpc) is 2.24. The molecule has 0 aromatic heterocycles. The first-order chi connectivity index (χ1) is 7.82. The molecule has 0 bridgehead atoms. The summed E-state index contributed by atoms with van der Waals surface area (Å²) < 4.78 is 5.52. The first-order valence-corrected chi connectivity index (χ1v) is 5.74. The average molecular weight is 232 g/mol. The first kappa shape index (κ1) is 13.5. The van der Waals surface area contributed by atoms with Crippen molar-refractivity contribution in [2.75, 3.05) is 0 Å². The van der Waals surface area contributed by atoms with Crippen LogP contribution in [0.15, 0.2) is 42.5 Å². The predicted octanol–water partition coefficient (Wildman–Crippen LogP) is 3.83. The molecule has 92 valence electrons. The van der Waals surface area contributed by atoms with Crippen LogP contribution in [0, 0.1) is 5.41 Å². The topological polar surface area (TPSA) is 26.3 Å². The van der Waals surface area contributed by atoms with Crippen molar-refractivity contribution in [3.63, 3.8) is 0 Å². The fourth-order valence-electron chi connectivity index (χ4n) is 1.77. The first-order valence-electron chi connectivity index (χ1n) is 5.74. The summed E-state index contributed by atoms with van der Waals surface area (Å²) in [6.45, 7) is 11.9. The Labute approximate surface area is 103 Å². The van der Waals surface area contributed by atoms with Crippen molar-refractivity contribution in [1.29, 1.82) is 0 Å². The number of carbonyl (C=O) groups excluding carboxylic acids is 1. The number of benzene rings is 1. The minimum Gasteiger partial charge on any atom is -0.454 e. The summed E-state index contributed by atoms with van der Waals surface area (Å²) >= 11 is 0. The fraction of sp³-hybridized carbons (Fsp3) is 0.400. The predicted molar refractivity (Wildman–Crippen MR) is 69.9 cm³/mol. The molecule has 2 nitrogen and oxygen atoms in total. The largest absolute Gasteiger partial charge is 0.454 e. The highest BCUT2D eigenvalue weighted by Gasteiger charge is 2.29. The van der Waals surface area contributed by atoms with Crippen LogP contribution in [0.3, 0.4) is 0 Å². The normalized spacial score (nSPS) is 12.9. The van der Waals surface area contributed by atoms with Gasteiger partial charge in [-0.2, -0.15) is 0 Å². The van der Waals surface area contributed by atoms with Gasteiger partial charge >= 0.3 is 5.97 Å². The highest BCUT2D eigenvalue weighted by Crippen LogP contribution is 2.27. The van der Waals surface area contributed by atoms with E-state index in [0.29, 0.717) is 5.56 Å². The molecular weight excluding hydrogens is 212 g/mol. The minimum atomic E-state index is -0.298. The highest BCUT2D eigenvalue weighted by molar-refractivity contribution is 5.89. The molecule has 0 aliphatic rings. The molecule has 0 aliphatic heterocycles. The molecule has 1 rings (SSSR count). The molecule has 0 fully saturated rings. The lowest BCUT2D eigenvalue weighted by Crippen LogP contribution is -2.32. The molecule has 0 N–H and O–H groups in total. The van der Waals surface area contributed by atoms with Crippen LogP contribution in [-0.4, -0.2) is 12.1 Å². The third-order valence-electron chi connectivity index (χ3n) is 2.47. The molecule has 0 spiro atoms. The Hall–Kier alpha value is -1.57. The van der Waals surface area contributed by atoms with E-state index in [1.807, 2.05) is 45.9 Å². The van der Waals surface area contributed by atoms with E-state index in [2.05, 4.69) is 6.58 Å². The zero-order chi connectivity index (χ0) is 13.1. The van der Waals surface area contributed by atoms with Crippen molar-refractivity contribution >= 4 is 5.97 Å². The highest BCUT2D eigenvalue weighted by atomic mass is 16.5. The molecule has 1 unspecified atom stereocenters. The Bertz CT molecular complexity index is 399. The Kier molecular flexibility index (Phi) is 4.11. The lowest BCUT2D eigenvalue weighted by atomic mass is 9.85. The van der Waals surface area contributed by atoms with Crippen LogP contribution >= 0.6 is 0 Å². The van der Waals surface area contributed by atoms with Gasteiger partial charge in [-0.15, -0.1) is 0 Å². The Morgan fingerprint density at radius 1 is 1.24 bits per heavy atom. The summed E-state index contributed by atoms with van der Waals surface area (Å²) in [5, 5.41) is 0. The standard InChI is InChI=1S/C15H20O2/c1-11(2)13(15(3,4)5)17-14(16)12-9-7-6-8-10-12/h6-10,13H,1H2,2-5H3. The van der Waals surface area contributed by atoms with E-state index < -0.39 is 0 Å². The Morgan fingerprint density at radius 2 is 1.76 bits per heavy atom. The van der Waals surface area contributed by atoms with Crippen molar-refractivity contribution in [3.8, 4) is 0 Å². The molecule has 2 heteroatoms. The second kappa shape index (κ2) is 5.17. The smallest absolute Gasteiger partial charge is 0.338 e. The van der Waals surface area contributed by atoms with Crippen LogP contribution in [0.4, 0.5) is 0 Å². The van der Waals surface area contributed by atoms with Gasteiger partial charge in [-0.05, 0) is 24.6 Å². The van der Waals surface area contributed by atoms with Crippen LogP contribution in [0.1, 0.15) is 38.1 Å². The van der Waals surface area contributed by atoms with Gasteiger partial charge < -0.3 is 4.74 Å². The molecule has 0 radical (unpaired) electrons. The number of ether oxygens (including phenoxy) is 1. The summed E-state index contributed by atoms with van der Waals surface area (Å²) in [4.78, 5) is 11.9. The third kappa shape index (κ3) is 3.74. The molecule has 0 saturated heterocycles. The summed E-state index contributed by atoms with van der Waals surface area (Å²) in [6.07, 6.45) is -0.268. The zero-order valence-electron chi connectivity index (χ0n) is 11.0. The molecule has 17 heavy (non-hydrogen) atoms. The molecule has 0 heterocycles. The second-order valence-corrected chi connectivity index (χ2v) is 5.36. The van der Waals surface area contributed by atoms with Gasteiger partial charge in [-0.1, -0.05) is 45.5 Å². The lowest BCUT2D eigenvalue weighted by molar-refractivity contribution is 0.0112. The number of carbonyl (C=O) groups is 1. The van der Waals surface area contributed by atoms with Gasteiger partial charge in [0.25, 0.3) is 0 Å². The van der Waals surface area contributed by atoms with Crippen LogP contribution < -0.4 is 0 Å². The van der Waals surface area contributed by atoms with Crippen molar-refractivity contribution in [2.45, 2.75) is 33.8 Å². The van der Waals surface area contributed by atoms with Gasteiger partial charge in [0.15, 0.2) is 0 Å². The maximum absolute atomic E-state index is 11.9. The number of rotatable bonds is 3. The van der Waals surface area contributed by atoms with E-state index in [1.54, 1.807) is 12.1 Å². The maximum atomic E-state index is 11.9. The maximum Gasteiger partial charge on any atom is 0.338 e. The molecule has 1 atom stereocenters. The summed E-state index contributed by atoms with van der Waals surface area (Å²) in [5.41, 5.74) is 1.29. The minimum absolute atomic E-state index is 0.143. The van der Waals surface area contributed by atoms with Crippen molar-refractivity contribution in [3.05, 3.63) is 48.0 Å². The monoisotopic (exact) mass is 232 g/mol. The molecule has 1 aromatic carbocycles. The van der Waals surface area contributed by atoms with Gasteiger partial charge in [-0.25, -0.2) is 4.79 Å². The molecule has 0 saturated carbocycles. The zero-order valence-corrected chi connectivity index (χ0v) is 11.0. The molecule has 1 aromatic rings. The van der Waals surface area contributed by atoms with E-state index in [4.69, 9.17) is 4.74 Å². The van der Waals surface area contributed by atoms with Crippen molar-refractivity contribution < 1.29 is 9.53 Å². The van der Waals surface area contributed by atoms with Crippen molar-refractivity contribution in [1.82, 2.24) is 0 Å². The van der Waals surface area contributed by atoms with Gasteiger partial charge in [0, 0.05) is 5.41 Å². The molecule has 0 amide bonds. The van der Waals surface area contributed by atoms with E-state index in [9.17, 15) is 4.79 Å². The SMILES string of the molecule is C=C(C)C(OC(=O)c1ccccc1)C(C)(C)C. The van der Waals surface area contributed by atoms with Crippen LogP contribution in [0.2, 0.25) is 0 Å². The van der Waals surface area contributed by atoms with E-state index in [1.165, 1.54) is 0 Å². The number of esters is 1. The summed E-state index contributed by atoms with van der Waals surface area (Å²) in [5.74, 6) is -0.298. The van der Waals surface area contributed by atoms with E-state index in [-0.39, 0.29) is 17.5 Å². The van der Waals surface area contributed by atoms with Crippen LogP contribution in [0.5, 0.6) is 0 Å². The van der Waals surface area contributed by atoms with Gasteiger partial charge in [0.1, 0.15) is 6.10 Å². The van der Waals surface area contributed by atoms with Gasteiger partial charge in [0.05, 0.1) is 5.56 Å². The van der Waals surface area contributed by atoms with E-state index >= 15 is 0 Å². The third-order valence-corrected chi connectivity index (χ3v) is 2.47. The Morgan fingerprint density at radius 3 is 2.18 bits per heavy atom. The van der Waals surface area contributed by atoms with Crippen LogP contribution in [-0.2, 0) is 4.74 Å². The Balaban J connectivity index is 2.83. The second-order valence-electron chi connectivity index (χ2n) is 5.36. The summed E-state index contributed by atoms with van der Waals surface area (Å²) in [7, 11) is 0.